The van der Waals surface area contributed by atoms with Crippen LogP contribution in [0.1, 0.15) is 17.0 Å². The molecule has 0 saturated carbocycles. The van der Waals surface area contributed by atoms with Gasteiger partial charge >= 0.3 is 0 Å². The first-order chi connectivity index (χ1) is 15.5. The van der Waals surface area contributed by atoms with Gasteiger partial charge in [0.05, 0.1) is 0 Å². The van der Waals surface area contributed by atoms with Crippen molar-refractivity contribution in [2.24, 2.45) is 0 Å². The van der Waals surface area contributed by atoms with E-state index in [1.54, 1.807) is 42.5 Å². The van der Waals surface area contributed by atoms with E-state index in [2.05, 4.69) is 16.4 Å². The van der Waals surface area contributed by atoms with Gasteiger partial charge in [-0.2, -0.15) is 5.26 Å². The van der Waals surface area contributed by atoms with Gasteiger partial charge in [-0.3, -0.25) is 4.79 Å². The third kappa shape index (κ3) is 4.97. The Morgan fingerprint density at radius 1 is 1.19 bits per heavy atom. The number of oxazole rings is 1. The Kier molecular flexibility index (Phi) is 6.20. The summed E-state index contributed by atoms with van der Waals surface area (Å²) in [6.07, 6.45) is 1.57. The topological polar surface area (TPSA) is 88.1 Å². The van der Waals surface area contributed by atoms with Crippen LogP contribution in [-0.2, 0) is 4.79 Å². The first-order valence-corrected chi connectivity index (χ1v) is 10.2. The van der Waals surface area contributed by atoms with Crippen LogP contribution >= 0.6 is 11.6 Å². The summed E-state index contributed by atoms with van der Waals surface area (Å²) in [5, 5.41) is 12.9. The van der Waals surface area contributed by atoms with Gasteiger partial charge in [-0.15, -0.1) is 0 Å². The Hall–Kier alpha value is -4.08. The fourth-order valence-electron chi connectivity index (χ4n) is 3.11. The third-order valence-corrected chi connectivity index (χ3v) is 4.81. The number of aryl methyl sites for hydroxylation is 1. The molecular weight excluding hydrogens is 426 g/mol. The van der Waals surface area contributed by atoms with Crippen LogP contribution in [0, 0.1) is 18.3 Å². The van der Waals surface area contributed by atoms with Gasteiger partial charge in [-0.05, 0) is 61.0 Å². The van der Waals surface area contributed by atoms with Gasteiger partial charge < -0.3 is 14.5 Å². The van der Waals surface area contributed by atoms with Crippen LogP contribution in [0.5, 0.6) is 5.75 Å². The molecule has 0 saturated heterocycles. The van der Waals surface area contributed by atoms with E-state index in [1.807, 2.05) is 37.3 Å². The van der Waals surface area contributed by atoms with Crippen molar-refractivity contribution in [1.29, 1.82) is 5.26 Å². The van der Waals surface area contributed by atoms with E-state index in [0.717, 1.165) is 5.56 Å². The number of amides is 1. The van der Waals surface area contributed by atoms with E-state index >= 15 is 0 Å². The number of hydrogen-bond donors (Lipinski definition) is 1. The van der Waals surface area contributed by atoms with E-state index in [-0.39, 0.29) is 24.0 Å². The predicted molar refractivity (Wildman–Crippen MR) is 124 cm³/mol. The molecule has 32 heavy (non-hydrogen) atoms. The first kappa shape index (κ1) is 21.2. The van der Waals surface area contributed by atoms with E-state index < -0.39 is 0 Å². The summed E-state index contributed by atoms with van der Waals surface area (Å²) in [7, 11) is 0. The van der Waals surface area contributed by atoms with Gasteiger partial charge in [-0.1, -0.05) is 35.9 Å². The Bertz CT molecular complexity index is 1340. The summed E-state index contributed by atoms with van der Waals surface area (Å²) < 4.78 is 11.4. The largest absolute Gasteiger partial charge is 0.483 e. The molecule has 4 rings (SSSR count). The third-order valence-electron chi connectivity index (χ3n) is 4.58. The van der Waals surface area contributed by atoms with Crippen molar-refractivity contribution in [2.75, 3.05) is 11.9 Å². The lowest BCUT2D eigenvalue weighted by atomic mass is 10.1. The average molecular weight is 444 g/mol. The van der Waals surface area contributed by atoms with Crippen LogP contribution in [0.3, 0.4) is 0 Å². The summed E-state index contributed by atoms with van der Waals surface area (Å²) in [5.41, 5.74) is 3.70. The molecule has 0 aliphatic rings. The molecule has 1 N–H and O–H groups in total. The molecule has 4 aromatic rings. The number of halogens is 1. The van der Waals surface area contributed by atoms with Crippen LogP contribution < -0.4 is 10.1 Å². The number of carbonyl (C=O) groups is 1. The maximum atomic E-state index is 12.3. The first-order valence-electron chi connectivity index (χ1n) is 9.78. The number of hydrogen-bond acceptors (Lipinski definition) is 5. The molecular formula is C25H18ClN3O3. The van der Waals surface area contributed by atoms with Crippen molar-refractivity contribution in [3.63, 3.8) is 0 Å². The van der Waals surface area contributed by atoms with Crippen molar-refractivity contribution < 1.29 is 13.9 Å². The van der Waals surface area contributed by atoms with Crippen LogP contribution in [0.15, 0.2) is 71.1 Å². The van der Waals surface area contributed by atoms with Crippen molar-refractivity contribution in [2.45, 2.75) is 6.92 Å². The Morgan fingerprint density at radius 2 is 2.03 bits per heavy atom. The summed E-state index contributed by atoms with van der Waals surface area (Å²) in [6.45, 7) is 1.74. The van der Waals surface area contributed by atoms with Crippen LogP contribution in [0.2, 0.25) is 5.02 Å². The Labute approximate surface area is 189 Å². The number of nitriles is 1. The molecule has 1 heterocycles. The number of anilines is 1. The lowest BCUT2D eigenvalue weighted by Gasteiger charge is -2.11. The standard InChI is InChI=1S/C25H18ClN3O3/c1-16-5-4-6-20(11-16)28-24(30)15-31-22-10-9-19(26)13-17(22)12-18(14-27)25-29-21-7-2-3-8-23(21)32-25/h2-13H,15H2,1H3,(H,28,30)/b18-12+. The summed E-state index contributed by atoms with van der Waals surface area (Å²) in [5.74, 6) is 0.286. The van der Waals surface area contributed by atoms with E-state index in [4.69, 9.17) is 20.8 Å². The smallest absolute Gasteiger partial charge is 0.262 e. The number of rotatable bonds is 6. The van der Waals surface area contributed by atoms with Crippen molar-refractivity contribution >= 4 is 45.9 Å². The molecule has 158 valence electrons. The minimum absolute atomic E-state index is 0.191. The quantitative estimate of drug-likeness (QED) is 0.376. The second-order valence-electron chi connectivity index (χ2n) is 7.05. The van der Waals surface area contributed by atoms with Crippen molar-refractivity contribution in [3.05, 3.63) is 88.8 Å². The Balaban J connectivity index is 1.56. The molecule has 0 unspecified atom stereocenters. The number of aromatic nitrogens is 1. The monoisotopic (exact) mass is 443 g/mol. The second kappa shape index (κ2) is 9.38. The van der Waals surface area contributed by atoms with Gasteiger partial charge in [0, 0.05) is 16.3 Å². The van der Waals surface area contributed by atoms with Gasteiger partial charge in [0.15, 0.2) is 12.2 Å². The molecule has 3 aromatic carbocycles. The summed E-state index contributed by atoms with van der Waals surface area (Å²) in [4.78, 5) is 16.7. The van der Waals surface area contributed by atoms with E-state index in [9.17, 15) is 10.1 Å². The van der Waals surface area contributed by atoms with Crippen molar-refractivity contribution in [3.8, 4) is 11.8 Å². The van der Waals surface area contributed by atoms with Gasteiger partial charge in [0.1, 0.15) is 22.9 Å². The van der Waals surface area contributed by atoms with Crippen LogP contribution in [0.25, 0.3) is 22.7 Å². The van der Waals surface area contributed by atoms with E-state index in [1.165, 1.54) is 0 Å². The number of fused-ring (bicyclic) bond motifs is 1. The second-order valence-corrected chi connectivity index (χ2v) is 7.48. The highest BCUT2D eigenvalue weighted by Gasteiger charge is 2.13. The molecule has 0 aliphatic heterocycles. The molecule has 0 aliphatic carbocycles. The number of ether oxygens (including phenoxy) is 1. The average Bonchev–Trinajstić information content (AvgIpc) is 3.21. The zero-order valence-electron chi connectivity index (χ0n) is 17.1. The zero-order valence-corrected chi connectivity index (χ0v) is 17.9. The highest BCUT2D eigenvalue weighted by Crippen LogP contribution is 2.29. The lowest BCUT2D eigenvalue weighted by molar-refractivity contribution is -0.118. The maximum absolute atomic E-state index is 12.3. The minimum atomic E-state index is -0.306. The van der Waals surface area contributed by atoms with Gasteiger partial charge in [-0.25, -0.2) is 4.98 Å². The number of nitrogens with zero attached hydrogens (tertiary/aromatic N) is 2. The molecule has 0 spiro atoms. The molecule has 6 nitrogen and oxygen atoms in total. The number of carbonyl (C=O) groups excluding carboxylic acids is 1. The van der Waals surface area contributed by atoms with Crippen LogP contribution in [0.4, 0.5) is 5.69 Å². The zero-order chi connectivity index (χ0) is 22.5. The molecule has 1 aromatic heterocycles. The fraction of sp³-hybridized carbons (Fsp3) is 0.0800. The number of nitrogens with one attached hydrogen (secondary N) is 1. The lowest BCUT2D eigenvalue weighted by Crippen LogP contribution is -2.20. The molecule has 1 amide bonds. The normalized spacial score (nSPS) is 11.2. The molecule has 0 radical (unpaired) electrons. The molecule has 7 heteroatoms. The maximum Gasteiger partial charge on any atom is 0.262 e. The van der Waals surface area contributed by atoms with Crippen molar-refractivity contribution in [1.82, 2.24) is 4.98 Å². The Morgan fingerprint density at radius 3 is 2.81 bits per heavy atom. The van der Waals surface area contributed by atoms with Gasteiger partial charge in [0.2, 0.25) is 5.89 Å². The minimum Gasteiger partial charge on any atom is -0.483 e. The fourth-order valence-corrected chi connectivity index (χ4v) is 3.29. The molecule has 0 atom stereocenters. The number of benzene rings is 3. The summed E-state index contributed by atoms with van der Waals surface area (Å²) in [6, 6.07) is 21.8. The molecule has 0 fully saturated rings. The SMILES string of the molecule is Cc1cccc(NC(=O)COc2ccc(Cl)cc2/C=C(\C#N)c2nc3ccccc3o2)c1. The predicted octanol–water partition coefficient (Wildman–Crippen LogP) is 5.87. The highest BCUT2D eigenvalue weighted by molar-refractivity contribution is 6.30. The van der Waals surface area contributed by atoms with Gasteiger partial charge in [0.25, 0.3) is 5.91 Å². The molecule has 0 bridgehead atoms. The van der Waals surface area contributed by atoms with E-state index in [0.29, 0.717) is 33.1 Å². The summed E-state index contributed by atoms with van der Waals surface area (Å²) >= 11 is 6.15. The highest BCUT2D eigenvalue weighted by atomic mass is 35.5. The number of para-hydroxylation sites is 2. The number of allylic oxidation sites excluding steroid dienone is 1. The van der Waals surface area contributed by atoms with Crippen LogP contribution in [-0.4, -0.2) is 17.5 Å².